The van der Waals surface area contributed by atoms with Gasteiger partial charge in [-0.15, -0.1) is 5.10 Å². The van der Waals surface area contributed by atoms with Gasteiger partial charge in [0, 0.05) is 32.4 Å². The lowest BCUT2D eigenvalue weighted by molar-refractivity contribution is 0.277. The molecule has 1 fully saturated rings. The van der Waals surface area contributed by atoms with Crippen molar-refractivity contribution in [3.63, 3.8) is 0 Å². The van der Waals surface area contributed by atoms with Crippen LogP contribution >= 0.6 is 25.7 Å². The first-order valence-corrected chi connectivity index (χ1v) is 10.8. The largest absolute Gasteiger partial charge is 0.370 e. The van der Waals surface area contributed by atoms with Gasteiger partial charge in [0.15, 0.2) is 12.2 Å². The SMILES string of the molecule is CN(NCC1CNC1)SOc1n[nH]c(Nc2c3c(cc4c2CCC4)CCC3)n1.S. The Balaban J connectivity index is 0.00000205. The van der Waals surface area contributed by atoms with E-state index in [4.69, 9.17) is 4.18 Å². The number of hydrazine groups is 1. The summed E-state index contributed by atoms with van der Waals surface area (Å²) >= 11 is 1.19. The van der Waals surface area contributed by atoms with Gasteiger partial charge in [-0.25, -0.2) is 10.5 Å². The van der Waals surface area contributed by atoms with Crippen molar-refractivity contribution < 1.29 is 4.18 Å². The molecular formula is C19H29N7OS2. The fourth-order valence-corrected chi connectivity index (χ4v) is 4.67. The molecule has 3 aliphatic rings. The molecule has 0 amide bonds. The van der Waals surface area contributed by atoms with Crippen LogP contribution in [0.3, 0.4) is 0 Å². The number of aromatic amines is 1. The summed E-state index contributed by atoms with van der Waals surface area (Å²) in [4.78, 5) is 4.47. The molecule has 1 aliphatic heterocycles. The zero-order valence-electron chi connectivity index (χ0n) is 16.7. The molecule has 29 heavy (non-hydrogen) atoms. The van der Waals surface area contributed by atoms with Crippen LogP contribution in [-0.2, 0) is 25.7 Å². The zero-order chi connectivity index (χ0) is 18.9. The number of hydrogen-bond acceptors (Lipinski definition) is 8. The van der Waals surface area contributed by atoms with Gasteiger partial charge in [-0.3, -0.25) is 0 Å². The summed E-state index contributed by atoms with van der Waals surface area (Å²) in [6.07, 6.45) is 7.15. The predicted molar refractivity (Wildman–Crippen MR) is 121 cm³/mol. The standard InChI is InChI=1S/C19H27N7OS.H2S/c1-26(21-11-12-9-20-10-12)28-27-19-23-18(24-25-19)22-17-15-6-2-4-13(15)8-14-5-3-7-16(14)17;/h8,12,20-21H,2-7,9-11H2,1H3,(H2,22,23,24,25);1H2. The van der Waals surface area contributed by atoms with Crippen LogP contribution in [-0.4, -0.2) is 46.3 Å². The molecule has 1 aromatic carbocycles. The van der Waals surface area contributed by atoms with E-state index in [9.17, 15) is 0 Å². The summed E-state index contributed by atoms with van der Waals surface area (Å²) < 4.78 is 7.47. The topological polar surface area (TPSA) is 90.1 Å². The first-order valence-electron chi connectivity index (χ1n) is 10.1. The van der Waals surface area contributed by atoms with Gasteiger partial charge in [-0.1, -0.05) is 6.07 Å². The lowest BCUT2D eigenvalue weighted by Gasteiger charge is -2.28. The molecule has 4 N–H and O–H groups in total. The van der Waals surface area contributed by atoms with Crippen molar-refractivity contribution in [2.45, 2.75) is 38.5 Å². The smallest absolute Gasteiger partial charge is 0.350 e. The second-order valence-electron chi connectivity index (χ2n) is 7.87. The van der Waals surface area contributed by atoms with E-state index in [-0.39, 0.29) is 13.5 Å². The Morgan fingerprint density at radius 3 is 2.55 bits per heavy atom. The molecule has 0 unspecified atom stereocenters. The quantitative estimate of drug-likeness (QED) is 0.285. The molecule has 8 nitrogen and oxygen atoms in total. The molecule has 1 saturated heterocycles. The molecule has 2 heterocycles. The molecule has 2 aromatic rings. The van der Waals surface area contributed by atoms with Gasteiger partial charge < -0.3 is 14.8 Å². The van der Waals surface area contributed by atoms with E-state index in [1.54, 1.807) is 0 Å². The lowest BCUT2D eigenvalue weighted by atomic mass is 9.99. The highest BCUT2D eigenvalue weighted by Gasteiger charge is 2.24. The van der Waals surface area contributed by atoms with Crippen LogP contribution in [0.5, 0.6) is 6.01 Å². The van der Waals surface area contributed by atoms with Crippen molar-refractivity contribution in [3.05, 3.63) is 28.3 Å². The number of nitrogens with one attached hydrogen (secondary N) is 4. The summed E-state index contributed by atoms with van der Waals surface area (Å²) in [5.74, 6) is 1.33. The van der Waals surface area contributed by atoms with Crippen LogP contribution in [0, 0.1) is 5.92 Å². The molecule has 0 radical (unpaired) electrons. The minimum atomic E-state index is 0. The average Bonchev–Trinajstić information content (AvgIpc) is 3.38. The van der Waals surface area contributed by atoms with Crippen molar-refractivity contribution in [2.75, 3.05) is 32.0 Å². The Morgan fingerprint density at radius 2 is 1.90 bits per heavy atom. The predicted octanol–water partition coefficient (Wildman–Crippen LogP) is 2.24. The van der Waals surface area contributed by atoms with Gasteiger partial charge >= 0.3 is 6.01 Å². The monoisotopic (exact) mass is 435 g/mol. The highest BCUT2D eigenvalue weighted by atomic mass is 32.2. The van der Waals surface area contributed by atoms with Gasteiger partial charge in [-0.05, 0) is 66.7 Å². The molecular weight excluding hydrogens is 406 g/mol. The fourth-order valence-electron chi connectivity index (χ4n) is 4.29. The Hall–Kier alpha value is -1.46. The Kier molecular flexibility index (Phi) is 6.55. The number of aromatic nitrogens is 3. The number of benzene rings is 1. The summed E-state index contributed by atoms with van der Waals surface area (Å²) in [5, 5.41) is 13.9. The van der Waals surface area contributed by atoms with Crippen LogP contribution < -0.4 is 20.2 Å². The first kappa shape index (κ1) is 20.8. The Labute approximate surface area is 182 Å². The third kappa shape index (κ3) is 4.51. The van der Waals surface area contributed by atoms with Crippen molar-refractivity contribution in [1.29, 1.82) is 0 Å². The number of anilines is 2. The minimum Gasteiger partial charge on any atom is -0.370 e. The van der Waals surface area contributed by atoms with Gasteiger partial charge in [-0.2, -0.15) is 22.9 Å². The average molecular weight is 436 g/mol. The van der Waals surface area contributed by atoms with E-state index in [1.165, 1.54) is 65.9 Å². The normalized spacial score (nSPS) is 17.6. The zero-order valence-corrected chi connectivity index (χ0v) is 18.5. The van der Waals surface area contributed by atoms with Crippen LogP contribution in [0.4, 0.5) is 11.6 Å². The number of hydrogen-bond donors (Lipinski definition) is 4. The Bertz CT molecular complexity index is 823. The van der Waals surface area contributed by atoms with E-state index >= 15 is 0 Å². The summed E-state index contributed by atoms with van der Waals surface area (Å²) in [6.45, 7) is 3.09. The molecule has 0 bridgehead atoms. The highest BCUT2D eigenvalue weighted by molar-refractivity contribution is 7.92. The molecule has 10 heteroatoms. The van der Waals surface area contributed by atoms with Crippen LogP contribution in [0.25, 0.3) is 0 Å². The molecule has 0 saturated carbocycles. The third-order valence-electron chi connectivity index (χ3n) is 5.87. The van der Waals surface area contributed by atoms with Crippen LogP contribution in [0.15, 0.2) is 6.07 Å². The van der Waals surface area contributed by atoms with Gasteiger partial charge in [0.25, 0.3) is 0 Å². The fraction of sp³-hybridized carbons (Fsp3) is 0.579. The molecule has 158 valence electrons. The number of H-pyrrole nitrogens is 1. The molecule has 0 atom stereocenters. The first-order chi connectivity index (χ1) is 13.8. The second kappa shape index (κ2) is 9.13. The van der Waals surface area contributed by atoms with E-state index in [1.807, 2.05) is 11.5 Å². The Morgan fingerprint density at radius 1 is 1.17 bits per heavy atom. The number of nitrogens with zero attached hydrogens (tertiary/aromatic N) is 3. The summed E-state index contributed by atoms with van der Waals surface area (Å²) in [6, 6.07) is 2.76. The molecule has 5 rings (SSSR count). The summed E-state index contributed by atoms with van der Waals surface area (Å²) in [7, 11) is 1.93. The maximum absolute atomic E-state index is 5.63. The van der Waals surface area contributed by atoms with E-state index in [2.05, 4.69) is 37.3 Å². The van der Waals surface area contributed by atoms with E-state index in [0.29, 0.717) is 17.9 Å². The van der Waals surface area contributed by atoms with E-state index < -0.39 is 0 Å². The third-order valence-corrected chi connectivity index (χ3v) is 6.45. The van der Waals surface area contributed by atoms with Gasteiger partial charge in [0.2, 0.25) is 5.95 Å². The van der Waals surface area contributed by atoms with Gasteiger partial charge in [0.1, 0.15) is 0 Å². The molecule has 1 aromatic heterocycles. The van der Waals surface area contributed by atoms with Crippen molar-refractivity contribution in [1.82, 2.24) is 30.3 Å². The number of fused-ring (bicyclic) bond motifs is 2. The minimum absolute atomic E-state index is 0. The lowest BCUT2D eigenvalue weighted by Crippen LogP contribution is -2.49. The van der Waals surface area contributed by atoms with Crippen LogP contribution in [0.2, 0.25) is 0 Å². The van der Waals surface area contributed by atoms with Crippen LogP contribution in [0.1, 0.15) is 35.1 Å². The van der Waals surface area contributed by atoms with Crippen molar-refractivity contribution in [2.24, 2.45) is 5.92 Å². The number of rotatable bonds is 8. The molecule has 0 spiro atoms. The van der Waals surface area contributed by atoms with Gasteiger partial charge in [0.05, 0.1) is 0 Å². The van der Waals surface area contributed by atoms with E-state index in [0.717, 1.165) is 32.5 Å². The van der Waals surface area contributed by atoms with Crippen molar-refractivity contribution >= 4 is 37.4 Å². The highest BCUT2D eigenvalue weighted by Crippen LogP contribution is 2.39. The second-order valence-corrected chi connectivity index (χ2v) is 8.73. The maximum Gasteiger partial charge on any atom is 0.350 e. The summed E-state index contributed by atoms with van der Waals surface area (Å²) in [5.41, 5.74) is 10.5. The number of aryl methyl sites for hydroxylation is 2. The maximum atomic E-state index is 5.63. The molecule has 2 aliphatic carbocycles. The van der Waals surface area contributed by atoms with Crippen molar-refractivity contribution in [3.8, 4) is 6.01 Å².